The summed E-state index contributed by atoms with van der Waals surface area (Å²) in [4.78, 5) is 56.3. The number of hydrogen-bond donors (Lipinski definition) is 1. The first kappa shape index (κ1) is 24.2. The van der Waals surface area contributed by atoms with Gasteiger partial charge in [-0.2, -0.15) is 0 Å². The fraction of sp³-hybridized carbons (Fsp3) is 0.652. The third-order valence-electron chi connectivity index (χ3n) is 6.60. The molecule has 2 aliphatic heterocycles. The highest BCUT2D eigenvalue weighted by atomic mass is 32.1. The molecule has 2 aliphatic rings. The van der Waals surface area contributed by atoms with E-state index >= 15 is 0 Å². The number of thiophene rings is 1. The third kappa shape index (κ3) is 5.14. The summed E-state index contributed by atoms with van der Waals surface area (Å²) in [6.45, 7) is 3.50. The van der Waals surface area contributed by atoms with E-state index in [4.69, 9.17) is 0 Å². The summed E-state index contributed by atoms with van der Waals surface area (Å²) in [6.07, 6.45) is 3.79. The minimum absolute atomic E-state index is 0.00176. The Morgan fingerprint density at radius 3 is 2.53 bits per heavy atom. The molecule has 0 aliphatic carbocycles. The topological polar surface area (TPSA) is 90.0 Å². The second-order valence-electron chi connectivity index (χ2n) is 8.88. The Labute approximate surface area is 193 Å². The van der Waals surface area contributed by atoms with Crippen LogP contribution in [-0.4, -0.2) is 77.7 Å². The van der Waals surface area contributed by atoms with Crippen molar-refractivity contribution in [3.8, 4) is 0 Å². The molecular weight excluding hydrogens is 428 g/mol. The smallest absolute Gasteiger partial charge is 0.325 e. The van der Waals surface area contributed by atoms with E-state index < -0.39 is 5.54 Å². The van der Waals surface area contributed by atoms with Crippen LogP contribution >= 0.6 is 11.3 Å². The largest absolute Gasteiger partial charge is 0.349 e. The van der Waals surface area contributed by atoms with Crippen LogP contribution in [0.1, 0.15) is 50.3 Å². The average Bonchev–Trinajstić information content (AvgIpc) is 3.37. The molecular formula is C23H34N4O4S. The van der Waals surface area contributed by atoms with Gasteiger partial charge in [-0.05, 0) is 43.0 Å². The van der Waals surface area contributed by atoms with Crippen molar-refractivity contribution >= 4 is 35.1 Å². The Bertz CT molecular complexity index is 833. The number of carbonyl (C=O) groups is 4. The van der Waals surface area contributed by atoms with Crippen molar-refractivity contribution in [1.82, 2.24) is 20.0 Å². The molecule has 0 spiro atoms. The van der Waals surface area contributed by atoms with Gasteiger partial charge in [0.05, 0.1) is 0 Å². The Balaban J connectivity index is 1.61. The molecule has 1 atom stereocenters. The molecule has 0 bridgehead atoms. The summed E-state index contributed by atoms with van der Waals surface area (Å²) < 4.78 is 0. The molecule has 0 radical (unpaired) electrons. The van der Waals surface area contributed by atoms with E-state index in [1.807, 2.05) is 24.4 Å². The summed E-state index contributed by atoms with van der Waals surface area (Å²) in [5.74, 6) is -0.208. The number of carbonyl (C=O) groups excluding carboxylic acids is 4. The van der Waals surface area contributed by atoms with Crippen LogP contribution < -0.4 is 5.32 Å². The van der Waals surface area contributed by atoms with E-state index in [1.54, 1.807) is 30.3 Å². The molecule has 2 saturated heterocycles. The molecule has 0 aromatic carbocycles. The van der Waals surface area contributed by atoms with E-state index in [0.29, 0.717) is 45.3 Å². The van der Waals surface area contributed by atoms with E-state index in [2.05, 4.69) is 5.32 Å². The van der Waals surface area contributed by atoms with Crippen LogP contribution in [0.2, 0.25) is 0 Å². The lowest BCUT2D eigenvalue weighted by molar-refractivity contribution is -0.138. The number of rotatable bonds is 9. The quantitative estimate of drug-likeness (QED) is 0.571. The zero-order chi connectivity index (χ0) is 23.3. The second kappa shape index (κ2) is 10.5. The lowest BCUT2D eigenvalue weighted by Gasteiger charge is -2.41. The van der Waals surface area contributed by atoms with Crippen LogP contribution in [0.5, 0.6) is 0 Å². The summed E-state index contributed by atoms with van der Waals surface area (Å²) in [6, 6.07) is 3.68. The van der Waals surface area contributed by atoms with Crippen molar-refractivity contribution in [2.45, 2.75) is 57.4 Å². The maximum atomic E-state index is 13.5. The van der Waals surface area contributed by atoms with Gasteiger partial charge in [-0.3, -0.25) is 19.3 Å². The highest BCUT2D eigenvalue weighted by Gasteiger charge is 2.55. The molecule has 2 fully saturated rings. The highest BCUT2D eigenvalue weighted by molar-refractivity contribution is 7.09. The highest BCUT2D eigenvalue weighted by Crippen LogP contribution is 2.37. The zero-order valence-electron chi connectivity index (χ0n) is 19.3. The minimum Gasteiger partial charge on any atom is -0.349 e. The first-order valence-corrected chi connectivity index (χ1v) is 12.3. The summed E-state index contributed by atoms with van der Waals surface area (Å²) in [5.41, 5.74) is -0.878. The number of imide groups is 1. The summed E-state index contributed by atoms with van der Waals surface area (Å²) in [7, 11) is 3.37. The number of nitrogens with one attached hydrogen (secondary N) is 1. The first-order chi connectivity index (χ1) is 15.3. The summed E-state index contributed by atoms with van der Waals surface area (Å²) in [5, 5.41) is 5.05. The number of likely N-dealkylation sites (tertiary alicyclic amines) is 1. The molecule has 3 heterocycles. The lowest BCUT2D eigenvalue weighted by Crippen LogP contribution is -2.56. The normalized spacial score (nSPS) is 21.7. The van der Waals surface area contributed by atoms with E-state index in [-0.39, 0.29) is 42.5 Å². The fourth-order valence-electron chi connectivity index (χ4n) is 4.79. The van der Waals surface area contributed by atoms with Gasteiger partial charge in [0.15, 0.2) is 0 Å². The minimum atomic E-state index is -0.878. The maximum absolute atomic E-state index is 13.5. The molecule has 1 aromatic rings. The van der Waals surface area contributed by atoms with Crippen LogP contribution in [-0.2, 0) is 20.8 Å². The molecule has 8 nitrogen and oxygen atoms in total. The predicted octanol–water partition coefficient (Wildman–Crippen LogP) is 2.49. The second-order valence-corrected chi connectivity index (χ2v) is 9.91. The van der Waals surface area contributed by atoms with Crippen LogP contribution in [0.3, 0.4) is 0 Å². The van der Waals surface area contributed by atoms with Gasteiger partial charge in [-0.25, -0.2) is 4.79 Å². The molecule has 5 amide bonds. The maximum Gasteiger partial charge on any atom is 0.325 e. The molecule has 1 N–H and O–H groups in total. The van der Waals surface area contributed by atoms with Crippen LogP contribution in [0, 0.1) is 5.92 Å². The van der Waals surface area contributed by atoms with Gasteiger partial charge in [0, 0.05) is 51.4 Å². The third-order valence-corrected chi connectivity index (χ3v) is 7.54. The van der Waals surface area contributed by atoms with Gasteiger partial charge >= 0.3 is 6.03 Å². The van der Waals surface area contributed by atoms with Gasteiger partial charge in [-0.15, -0.1) is 11.3 Å². The zero-order valence-corrected chi connectivity index (χ0v) is 20.1. The van der Waals surface area contributed by atoms with Crippen LogP contribution in [0.4, 0.5) is 4.79 Å². The average molecular weight is 463 g/mol. The predicted molar refractivity (Wildman–Crippen MR) is 123 cm³/mol. The first-order valence-electron chi connectivity index (χ1n) is 11.4. The monoisotopic (exact) mass is 462 g/mol. The van der Waals surface area contributed by atoms with Crippen molar-refractivity contribution in [2.24, 2.45) is 5.92 Å². The molecule has 3 rings (SSSR count). The standard InChI is InChI=1S/C23H34N4O4S/c1-4-12-23(21(30)27(22(31)24-23)15-11-18-6-5-16-32-18)17-9-13-26(14-10-17)20(29)8-7-19(28)25(2)3/h5-6,16-17H,4,7-15H2,1-3H3,(H,24,31)/t23-/m0/s1. The van der Waals surface area contributed by atoms with Gasteiger partial charge in [0.1, 0.15) is 5.54 Å². The van der Waals surface area contributed by atoms with Crippen molar-refractivity contribution in [3.05, 3.63) is 22.4 Å². The lowest BCUT2D eigenvalue weighted by atomic mass is 9.74. The number of urea groups is 1. The summed E-state index contributed by atoms with van der Waals surface area (Å²) >= 11 is 1.63. The number of hydrogen-bond acceptors (Lipinski definition) is 5. The molecule has 0 unspecified atom stereocenters. The Kier molecular flexibility index (Phi) is 7.92. The molecule has 0 saturated carbocycles. The van der Waals surface area contributed by atoms with Crippen LogP contribution in [0.25, 0.3) is 0 Å². The number of piperidine rings is 1. The van der Waals surface area contributed by atoms with Crippen molar-refractivity contribution in [3.63, 3.8) is 0 Å². The number of nitrogens with zero attached hydrogens (tertiary/aromatic N) is 3. The van der Waals surface area contributed by atoms with Gasteiger partial charge in [-0.1, -0.05) is 19.4 Å². The molecule has 9 heteroatoms. The van der Waals surface area contributed by atoms with Gasteiger partial charge in [0.2, 0.25) is 11.8 Å². The Hall–Kier alpha value is -2.42. The Morgan fingerprint density at radius 2 is 1.94 bits per heavy atom. The van der Waals surface area contributed by atoms with E-state index in [0.717, 1.165) is 11.3 Å². The van der Waals surface area contributed by atoms with Gasteiger partial charge < -0.3 is 15.1 Å². The molecule has 1 aromatic heterocycles. The van der Waals surface area contributed by atoms with Gasteiger partial charge in [0.25, 0.3) is 5.91 Å². The van der Waals surface area contributed by atoms with Crippen molar-refractivity contribution in [1.29, 1.82) is 0 Å². The van der Waals surface area contributed by atoms with Crippen molar-refractivity contribution < 1.29 is 19.2 Å². The Morgan fingerprint density at radius 1 is 1.22 bits per heavy atom. The number of amides is 5. The van der Waals surface area contributed by atoms with E-state index in [1.165, 1.54) is 9.80 Å². The fourth-order valence-corrected chi connectivity index (χ4v) is 5.48. The molecule has 176 valence electrons. The van der Waals surface area contributed by atoms with Crippen LogP contribution in [0.15, 0.2) is 17.5 Å². The van der Waals surface area contributed by atoms with Crippen molar-refractivity contribution in [2.75, 3.05) is 33.7 Å². The SMILES string of the molecule is CCC[C@@]1(C2CCN(C(=O)CCC(=O)N(C)C)CC2)NC(=O)N(CCc2cccs2)C1=O. The van der Waals surface area contributed by atoms with E-state index in [9.17, 15) is 19.2 Å². The molecule has 32 heavy (non-hydrogen) atoms.